The van der Waals surface area contributed by atoms with Gasteiger partial charge in [-0.15, -0.1) is 0 Å². The van der Waals surface area contributed by atoms with Crippen molar-refractivity contribution < 1.29 is 22.7 Å². The van der Waals surface area contributed by atoms with E-state index in [1.165, 1.54) is 18.1 Å². The van der Waals surface area contributed by atoms with Crippen LogP contribution in [0.4, 0.5) is 5.69 Å². The minimum absolute atomic E-state index is 0.00245. The van der Waals surface area contributed by atoms with Gasteiger partial charge < -0.3 is 10.1 Å². The quantitative estimate of drug-likeness (QED) is 0.830. The third-order valence-corrected chi connectivity index (χ3v) is 6.36. The highest BCUT2D eigenvalue weighted by Crippen LogP contribution is 2.25. The minimum atomic E-state index is -3.15. The highest BCUT2D eigenvalue weighted by molar-refractivity contribution is 7.91. The van der Waals surface area contributed by atoms with Crippen LogP contribution >= 0.6 is 0 Å². The van der Waals surface area contributed by atoms with E-state index in [0.29, 0.717) is 5.69 Å². The normalized spacial score (nSPS) is 22.6. The molecule has 0 spiro atoms. The standard InChI is InChI=1S/C17H21NO5S/c1-11(23-17(20)14-7-8-24(21,22)10-14)16(19)18-15-6-5-12-3-2-4-13(12)9-15/h5-6,9,11,14H,2-4,7-8,10H2,1H3,(H,18,19)/t11-,14-/m0/s1. The molecule has 1 N–H and O–H groups in total. The maximum Gasteiger partial charge on any atom is 0.310 e. The third-order valence-electron chi connectivity index (χ3n) is 4.59. The van der Waals surface area contributed by atoms with Gasteiger partial charge in [0.1, 0.15) is 0 Å². The van der Waals surface area contributed by atoms with Crippen LogP contribution in [0.2, 0.25) is 0 Å². The fourth-order valence-electron chi connectivity index (χ4n) is 3.20. The molecule has 7 heteroatoms. The van der Waals surface area contributed by atoms with Crippen LogP contribution < -0.4 is 5.32 Å². The Morgan fingerprint density at radius 2 is 2.00 bits per heavy atom. The van der Waals surface area contributed by atoms with Crippen molar-refractivity contribution in [2.45, 2.75) is 38.7 Å². The van der Waals surface area contributed by atoms with E-state index in [1.807, 2.05) is 18.2 Å². The van der Waals surface area contributed by atoms with Gasteiger partial charge in [0.15, 0.2) is 15.9 Å². The number of carbonyl (C=O) groups is 2. The number of ether oxygens (including phenoxy) is 1. The molecule has 130 valence electrons. The number of rotatable bonds is 4. The molecule has 1 amide bonds. The van der Waals surface area contributed by atoms with Gasteiger partial charge in [-0.3, -0.25) is 9.59 Å². The van der Waals surface area contributed by atoms with Gasteiger partial charge in [-0.2, -0.15) is 0 Å². The summed E-state index contributed by atoms with van der Waals surface area (Å²) in [6.45, 7) is 1.49. The zero-order valence-electron chi connectivity index (χ0n) is 13.6. The molecule has 1 heterocycles. The molecule has 1 saturated heterocycles. The number of fused-ring (bicyclic) bond motifs is 1. The first-order valence-corrected chi connectivity index (χ1v) is 10.00. The first kappa shape index (κ1) is 17.0. The smallest absolute Gasteiger partial charge is 0.310 e. The van der Waals surface area contributed by atoms with Gasteiger partial charge in [-0.25, -0.2) is 8.42 Å². The summed E-state index contributed by atoms with van der Waals surface area (Å²) in [6.07, 6.45) is 2.52. The van der Waals surface area contributed by atoms with Crippen LogP contribution in [0.5, 0.6) is 0 Å². The van der Waals surface area contributed by atoms with Gasteiger partial charge in [0.25, 0.3) is 5.91 Å². The van der Waals surface area contributed by atoms with Crippen LogP contribution in [0.25, 0.3) is 0 Å². The number of carbonyl (C=O) groups excluding carboxylic acids is 2. The van der Waals surface area contributed by atoms with E-state index < -0.39 is 33.7 Å². The Hall–Kier alpha value is -1.89. The first-order chi connectivity index (χ1) is 11.3. The summed E-state index contributed by atoms with van der Waals surface area (Å²) < 4.78 is 28.0. The number of amides is 1. The van der Waals surface area contributed by atoms with Crippen molar-refractivity contribution in [3.63, 3.8) is 0 Å². The summed E-state index contributed by atoms with van der Waals surface area (Å²) in [7, 11) is -3.15. The minimum Gasteiger partial charge on any atom is -0.452 e. The highest BCUT2D eigenvalue weighted by atomic mass is 32.2. The number of nitrogens with one attached hydrogen (secondary N) is 1. The summed E-state index contributed by atoms with van der Waals surface area (Å²) in [5.41, 5.74) is 3.25. The second kappa shape index (κ2) is 6.55. The highest BCUT2D eigenvalue weighted by Gasteiger charge is 2.35. The average molecular weight is 351 g/mol. The molecular weight excluding hydrogens is 330 g/mol. The Morgan fingerprint density at radius 3 is 2.71 bits per heavy atom. The molecular formula is C17H21NO5S. The zero-order chi connectivity index (χ0) is 17.3. The van der Waals surface area contributed by atoms with Crippen LogP contribution in [0.3, 0.4) is 0 Å². The first-order valence-electron chi connectivity index (χ1n) is 8.18. The van der Waals surface area contributed by atoms with Crippen LogP contribution in [0.1, 0.15) is 30.9 Å². The van der Waals surface area contributed by atoms with E-state index in [4.69, 9.17) is 4.74 Å². The lowest BCUT2D eigenvalue weighted by atomic mass is 10.1. The lowest BCUT2D eigenvalue weighted by Gasteiger charge is -2.16. The Balaban J connectivity index is 1.56. The Morgan fingerprint density at radius 1 is 1.25 bits per heavy atom. The summed E-state index contributed by atoms with van der Waals surface area (Å²) in [4.78, 5) is 24.2. The van der Waals surface area contributed by atoms with Gasteiger partial charge in [0.05, 0.1) is 17.4 Å². The van der Waals surface area contributed by atoms with E-state index in [9.17, 15) is 18.0 Å². The number of esters is 1. The van der Waals surface area contributed by atoms with Gasteiger partial charge >= 0.3 is 5.97 Å². The van der Waals surface area contributed by atoms with Gasteiger partial charge in [-0.1, -0.05) is 6.07 Å². The fraction of sp³-hybridized carbons (Fsp3) is 0.529. The number of sulfone groups is 1. The van der Waals surface area contributed by atoms with E-state index in [1.54, 1.807) is 0 Å². The molecule has 3 rings (SSSR count). The molecule has 1 aromatic carbocycles. The Kier molecular flexibility index (Phi) is 4.62. The molecule has 1 aliphatic heterocycles. The van der Waals surface area contributed by atoms with Crippen LogP contribution in [-0.4, -0.2) is 37.9 Å². The van der Waals surface area contributed by atoms with E-state index in [0.717, 1.165) is 19.3 Å². The molecule has 0 bridgehead atoms. The summed E-state index contributed by atoms with van der Waals surface area (Å²) in [5.74, 6) is -1.88. The van der Waals surface area contributed by atoms with E-state index >= 15 is 0 Å². The molecule has 0 radical (unpaired) electrons. The molecule has 1 fully saturated rings. The van der Waals surface area contributed by atoms with E-state index in [2.05, 4.69) is 5.32 Å². The topological polar surface area (TPSA) is 89.5 Å². The van der Waals surface area contributed by atoms with E-state index in [-0.39, 0.29) is 17.9 Å². The van der Waals surface area contributed by atoms with Crippen molar-refractivity contribution in [1.29, 1.82) is 0 Å². The number of anilines is 1. The van der Waals surface area contributed by atoms with Crippen molar-refractivity contribution in [2.24, 2.45) is 5.92 Å². The Labute approximate surface area is 141 Å². The van der Waals surface area contributed by atoms with Crippen LogP contribution in [0.15, 0.2) is 18.2 Å². The van der Waals surface area contributed by atoms with Crippen molar-refractivity contribution in [3.8, 4) is 0 Å². The molecule has 2 aliphatic rings. The van der Waals surface area contributed by atoms with Gasteiger partial charge in [0, 0.05) is 5.69 Å². The molecule has 1 aromatic rings. The number of hydrogen-bond donors (Lipinski definition) is 1. The molecule has 24 heavy (non-hydrogen) atoms. The molecule has 6 nitrogen and oxygen atoms in total. The van der Waals surface area contributed by atoms with Crippen molar-refractivity contribution in [1.82, 2.24) is 0 Å². The summed E-state index contributed by atoms with van der Waals surface area (Å²) in [6, 6.07) is 5.82. The lowest BCUT2D eigenvalue weighted by molar-refractivity contribution is -0.156. The largest absolute Gasteiger partial charge is 0.452 e. The molecule has 0 aromatic heterocycles. The molecule has 2 atom stereocenters. The van der Waals surface area contributed by atoms with Crippen LogP contribution in [-0.2, 0) is 37.0 Å². The third kappa shape index (κ3) is 3.77. The average Bonchev–Trinajstić information content (AvgIpc) is 3.12. The lowest BCUT2D eigenvalue weighted by Crippen LogP contribution is -2.32. The van der Waals surface area contributed by atoms with Crippen molar-refractivity contribution in [2.75, 3.05) is 16.8 Å². The second-order valence-corrected chi connectivity index (χ2v) is 8.73. The SMILES string of the molecule is C[C@H](OC(=O)[C@H]1CCS(=O)(=O)C1)C(=O)Nc1ccc2c(c1)CCC2. The summed E-state index contributed by atoms with van der Waals surface area (Å²) >= 11 is 0. The predicted octanol–water partition coefficient (Wildman–Crippen LogP) is 1.48. The maximum absolute atomic E-state index is 12.2. The van der Waals surface area contributed by atoms with Crippen LogP contribution in [0, 0.1) is 5.92 Å². The summed E-state index contributed by atoms with van der Waals surface area (Å²) in [5, 5.41) is 2.75. The fourth-order valence-corrected chi connectivity index (χ4v) is 4.92. The molecule has 0 unspecified atom stereocenters. The maximum atomic E-state index is 12.2. The second-order valence-electron chi connectivity index (χ2n) is 6.51. The monoisotopic (exact) mass is 351 g/mol. The number of benzene rings is 1. The van der Waals surface area contributed by atoms with Crippen molar-refractivity contribution >= 4 is 27.4 Å². The zero-order valence-corrected chi connectivity index (χ0v) is 14.4. The number of hydrogen-bond acceptors (Lipinski definition) is 5. The number of aryl methyl sites for hydroxylation is 2. The van der Waals surface area contributed by atoms with Crippen molar-refractivity contribution in [3.05, 3.63) is 29.3 Å². The van der Waals surface area contributed by atoms with Gasteiger partial charge in [0.2, 0.25) is 0 Å². The molecule has 1 aliphatic carbocycles. The molecule has 0 saturated carbocycles. The predicted molar refractivity (Wildman–Crippen MR) is 89.4 cm³/mol. The Bertz CT molecular complexity index is 771. The van der Waals surface area contributed by atoms with Gasteiger partial charge in [-0.05, 0) is 55.9 Å².